The summed E-state index contributed by atoms with van der Waals surface area (Å²) in [6.07, 6.45) is 3.15. The molecule has 7 heteroatoms. The van der Waals surface area contributed by atoms with E-state index in [0.717, 1.165) is 5.75 Å². The quantitative estimate of drug-likeness (QED) is 0.801. The number of thioether (sulfide) groups is 1. The number of hydrogen-bond acceptors (Lipinski definition) is 4. The van der Waals surface area contributed by atoms with Crippen LogP contribution in [-0.4, -0.2) is 45.5 Å². The van der Waals surface area contributed by atoms with Crippen LogP contribution in [0.1, 0.15) is 29.4 Å². The molecule has 19 heavy (non-hydrogen) atoms. The molecule has 1 heterocycles. The molecule has 0 saturated carbocycles. The molecule has 1 unspecified atom stereocenters. The van der Waals surface area contributed by atoms with E-state index < -0.39 is 0 Å². The Bertz CT molecular complexity index is 431. The molecule has 0 aromatic carbocycles. The molecule has 0 spiro atoms. The summed E-state index contributed by atoms with van der Waals surface area (Å²) in [6.45, 7) is 1.98. The lowest BCUT2D eigenvalue weighted by Crippen LogP contribution is -2.37. The first-order valence-electron chi connectivity index (χ1n) is 6.17. The second-order valence-corrected chi connectivity index (χ2v) is 5.50. The van der Waals surface area contributed by atoms with Gasteiger partial charge in [0.05, 0.1) is 11.3 Å². The lowest BCUT2D eigenvalue weighted by molar-refractivity contribution is 0.0934. The van der Waals surface area contributed by atoms with Gasteiger partial charge in [-0.1, -0.05) is 18.5 Å². The van der Waals surface area contributed by atoms with Gasteiger partial charge in [-0.15, -0.1) is 0 Å². The minimum Gasteiger partial charge on any atom is -0.396 e. The number of aliphatic hydroxyl groups is 1. The van der Waals surface area contributed by atoms with E-state index in [1.807, 2.05) is 13.2 Å². The van der Waals surface area contributed by atoms with Crippen molar-refractivity contribution in [3.05, 3.63) is 16.4 Å². The third kappa shape index (κ3) is 4.12. The van der Waals surface area contributed by atoms with Crippen molar-refractivity contribution in [2.75, 3.05) is 18.6 Å². The van der Waals surface area contributed by atoms with Crippen LogP contribution in [0.15, 0.2) is 0 Å². The Hall–Kier alpha value is -0.720. The average Bonchev–Trinajstić information content (AvgIpc) is 2.66. The van der Waals surface area contributed by atoms with Gasteiger partial charge in [-0.2, -0.15) is 16.9 Å². The van der Waals surface area contributed by atoms with Crippen molar-refractivity contribution in [3.63, 3.8) is 0 Å². The van der Waals surface area contributed by atoms with Gasteiger partial charge >= 0.3 is 0 Å². The molecular weight excluding hydrogens is 286 g/mol. The summed E-state index contributed by atoms with van der Waals surface area (Å²) in [6, 6.07) is -0.0616. The van der Waals surface area contributed by atoms with Crippen molar-refractivity contribution in [3.8, 4) is 0 Å². The molecule has 1 amide bonds. The van der Waals surface area contributed by atoms with Crippen molar-refractivity contribution >= 4 is 29.3 Å². The molecule has 1 rings (SSSR count). The second-order valence-electron chi connectivity index (χ2n) is 4.23. The molecule has 1 aromatic rings. The predicted octanol–water partition coefficient (Wildman–Crippen LogP) is 1.48. The molecule has 108 valence electrons. The minimum absolute atomic E-state index is 0.0485. The average molecular weight is 306 g/mol. The molecule has 0 aliphatic heterocycles. The number of halogens is 1. The number of aliphatic hydroxyl groups excluding tert-OH is 1. The number of aromatic nitrogens is 2. The summed E-state index contributed by atoms with van der Waals surface area (Å²) in [5.41, 5.74) is 1.13. The number of amides is 1. The first-order chi connectivity index (χ1) is 9.04. The highest BCUT2D eigenvalue weighted by molar-refractivity contribution is 7.98. The van der Waals surface area contributed by atoms with Gasteiger partial charge in [0.15, 0.2) is 0 Å². The lowest BCUT2D eigenvalue weighted by Gasteiger charge is -2.16. The van der Waals surface area contributed by atoms with Gasteiger partial charge in [-0.25, -0.2) is 0 Å². The van der Waals surface area contributed by atoms with Crippen LogP contribution in [-0.2, 0) is 13.5 Å². The number of nitrogens with one attached hydrogen (secondary N) is 1. The number of nitrogens with zero attached hydrogens (tertiary/aromatic N) is 2. The molecule has 1 atom stereocenters. The van der Waals surface area contributed by atoms with Gasteiger partial charge < -0.3 is 10.4 Å². The zero-order chi connectivity index (χ0) is 14.4. The molecular formula is C12H20ClN3O2S. The van der Waals surface area contributed by atoms with Gasteiger partial charge in [-0.05, 0) is 19.1 Å². The van der Waals surface area contributed by atoms with E-state index in [9.17, 15) is 4.79 Å². The highest BCUT2D eigenvalue weighted by Crippen LogP contribution is 2.20. The van der Waals surface area contributed by atoms with E-state index in [4.69, 9.17) is 16.7 Å². The molecule has 0 aliphatic carbocycles. The zero-order valence-electron chi connectivity index (χ0n) is 11.4. The molecule has 0 radical (unpaired) electrons. The Balaban J connectivity index is 2.87. The van der Waals surface area contributed by atoms with E-state index in [-0.39, 0.29) is 18.6 Å². The summed E-state index contributed by atoms with van der Waals surface area (Å²) >= 11 is 7.74. The minimum atomic E-state index is -0.220. The van der Waals surface area contributed by atoms with E-state index >= 15 is 0 Å². The number of carbonyl (C=O) groups excluding carboxylic acids is 1. The first kappa shape index (κ1) is 16.3. The van der Waals surface area contributed by atoms with Crippen LogP contribution < -0.4 is 5.32 Å². The number of rotatable bonds is 7. The monoisotopic (exact) mass is 305 g/mol. The molecule has 0 saturated heterocycles. The van der Waals surface area contributed by atoms with Crippen LogP contribution in [0.2, 0.25) is 5.15 Å². The van der Waals surface area contributed by atoms with Gasteiger partial charge in [0.25, 0.3) is 5.91 Å². The second kappa shape index (κ2) is 7.77. The van der Waals surface area contributed by atoms with Gasteiger partial charge in [0.1, 0.15) is 5.15 Å². The number of carbonyl (C=O) groups is 1. The largest absolute Gasteiger partial charge is 0.396 e. The van der Waals surface area contributed by atoms with Crippen molar-refractivity contribution in [1.82, 2.24) is 15.1 Å². The molecule has 0 aliphatic rings. The van der Waals surface area contributed by atoms with Gasteiger partial charge in [0, 0.05) is 25.4 Å². The van der Waals surface area contributed by atoms with Crippen molar-refractivity contribution in [1.29, 1.82) is 0 Å². The maximum atomic E-state index is 12.3. The Morgan fingerprint density at radius 2 is 2.32 bits per heavy atom. The molecule has 0 fully saturated rings. The van der Waals surface area contributed by atoms with Gasteiger partial charge in [-0.3, -0.25) is 9.48 Å². The highest BCUT2D eigenvalue weighted by Gasteiger charge is 2.22. The van der Waals surface area contributed by atoms with Crippen LogP contribution in [0.25, 0.3) is 0 Å². The fourth-order valence-electron chi connectivity index (χ4n) is 1.84. The molecule has 5 nitrogen and oxygen atoms in total. The van der Waals surface area contributed by atoms with E-state index in [1.54, 1.807) is 18.8 Å². The summed E-state index contributed by atoms with van der Waals surface area (Å²) < 4.78 is 1.50. The van der Waals surface area contributed by atoms with Crippen molar-refractivity contribution in [2.24, 2.45) is 7.05 Å². The first-order valence-corrected chi connectivity index (χ1v) is 7.94. The third-order valence-corrected chi connectivity index (χ3v) is 3.96. The van der Waals surface area contributed by atoms with Crippen LogP contribution >= 0.6 is 23.4 Å². The zero-order valence-corrected chi connectivity index (χ0v) is 13.0. The Morgan fingerprint density at radius 3 is 2.84 bits per heavy atom. The fraction of sp³-hybridized carbons (Fsp3) is 0.667. The third-order valence-electron chi connectivity index (χ3n) is 2.79. The topological polar surface area (TPSA) is 67.2 Å². The standard InChI is InChI=1S/C12H20ClN3O2S/c1-4-9-10(11(13)16(2)15-9)12(18)14-8(5-6-17)7-19-3/h8,17H,4-7H2,1-3H3,(H,14,18). The Morgan fingerprint density at radius 1 is 1.63 bits per heavy atom. The normalized spacial score (nSPS) is 12.5. The van der Waals surface area contributed by atoms with E-state index in [1.165, 1.54) is 4.68 Å². The van der Waals surface area contributed by atoms with Crippen LogP contribution in [0.5, 0.6) is 0 Å². The summed E-state index contributed by atoms with van der Waals surface area (Å²) in [5, 5.41) is 16.5. The smallest absolute Gasteiger partial charge is 0.256 e. The fourth-order valence-corrected chi connectivity index (χ4v) is 2.72. The number of hydrogen-bond donors (Lipinski definition) is 2. The molecule has 0 bridgehead atoms. The van der Waals surface area contributed by atoms with Crippen LogP contribution in [0, 0.1) is 0 Å². The van der Waals surface area contributed by atoms with Crippen molar-refractivity contribution in [2.45, 2.75) is 25.8 Å². The molecule has 2 N–H and O–H groups in total. The van der Waals surface area contributed by atoms with Gasteiger partial charge in [0.2, 0.25) is 0 Å². The maximum absolute atomic E-state index is 12.3. The SMILES string of the molecule is CCc1nn(C)c(Cl)c1C(=O)NC(CCO)CSC. The molecule has 1 aromatic heterocycles. The lowest BCUT2D eigenvalue weighted by atomic mass is 10.1. The van der Waals surface area contributed by atoms with Crippen LogP contribution in [0.4, 0.5) is 0 Å². The van der Waals surface area contributed by atoms with Crippen LogP contribution in [0.3, 0.4) is 0 Å². The maximum Gasteiger partial charge on any atom is 0.256 e. The Kier molecular flexibility index (Phi) is 6.68. The summed E-state index contributed by atoms with van der Waals surface area (Å²) in [7, 11) is 1.71. The van der Waals surface area contributed by atoms with Crippen molar-refractivity contribution < 1.29 is 9.90 Å². The predicted molar refractivity (Wildman–Crippen MR) is 78.9 cm³/mol. The summed E-state index contributed by atoms with van der Waals surface area (Å²) in [5.74, 6) is 0.536. The summed E-state index contributed by atoms with van der Waals surface area (Å²) in [4.78, 5) is 12.3. The Labute approximate surface area is 122 Å². The van der Waals surface area contributed by atoms with E-state index in [2.05, 4.69) is 10.4 Å². The number of aryl methyl sites for hydroxylation is 2. The highest BCUT2D eigenvalue weighted by atomic mass is 35.5. The van der Waals surface area contributed by atoms with E-state index in [0.29, 0.717) is 29.3 Å².